The summed E-state index contributed by atoms with van der Waals surface area (Å²) in [6.45, 7) is 3.06. The Balaban J connectivity index is 1.32. The van der Waals surface area contributed by atoms with Gasteiger partial charge in [-0.25, -0.2) is 0 Å². The normalized spacial score (nSPS) is 18.8. The lowest BCUT2D eigenvalue weighted by Crippen LogP contribution is -2.50. The maximum atomic E-state index is 13.1. The fraction of sp³-hybridized carbons (Fsp3) is 0.296. The van der Waals surface area contributed by atoms with Crippen LogP contribution in [0.1, 0.15) is 22.4 Å². The smallest absolute Gasteiger partial charge is 0.264 e. The van der Waals surface area contributed by atoms with Gasteiger partial charge in [0.2, 0.25) is 0 Å². The van der Waals surface area contributed by atoms with Crippen LogP contribution in [-0.4, -0.2) is 53.1 Å². The number of rotatable bonds is 4. The molecule has 3 aliphatic rings. The average Bonchev–Trinajstić information content (AvgIpc) is 3.48. The fourth-order valence-corrected chi connectivity index (χ4v) is 5.39. The molecule has 6 nitrogen and oxygen atoms in total. The van der Waals surface area contributed by atoms with Crippen LogP contribution in [0.2, 0.25) is 5.02 Å². The summed E-state index contributed by atoms with van der Waals surface area (Å²) in [5.41, 5.74) is 7.59. The zero-order valence-electron chi connectivity index (χ0n) is 18.8. The highest BCUT2D eigenvalue weighted by atomic mass is 35.5. The lowest BCUT2D eigenvalue weighted by molar-refractivity contribution is -0.138. The predicted octanol–water partition coefficient (Wildman–Crippen LogP) is 3.71. The number of pyridine rings is 2. The van der Waals surface area contributed by atoms with Crippen molar-refractivity contribution in [1.29, 1.82) is 0 Å². The summed E-state index contributed by atoms with van der Waals surface area (Å²) < 4.78 is 6.33. The van der Waals surface area contributed by atoms with E-state index in [2.05, 4.69) is 27.4 Å². The highest BCUT2D eigenvalue weighted by Gasteiger charge is 2.35. The molecule has 0 saturated carbocycles. The molecule has 1 aromatic carbocycles. The van der Waals surface area contributed by atoms with Crippen molar-refractivity contribution < 1.29 is 9.53 Å². The van der Waals surface area contributed by atoms with Gasteiger partial charge in [0.25, 0.3) is 5.91 Å². The number of aromatic nitrogens is 2. The maximum absolute atomic E-state index is 13.1. The second-order valence-electron chi connectivity index (χ2n) is 9.06. The standard InChI is InChI=1S/C27H25ClN4O2/c28-20-13-19-14-25(27(33)32-8-6-29-7-9-32)34-26(19)23(15-20)21-3-5-31-24-12-18(11-22(21)24)10-17-2-1-4-30-16-17/h1-5,11,13,15-16,25,29H,6-10,12,14H2. The SMILES string of the molecule is O=C(C1Cc2cc(Cl)cc(-c3ccnc4c3C=C(Cc3cccnc3)C4)c2O1)N1CCNCC1. The molecule has 6 rings (SSSR count). The van der Waals surface area contributed by atoms with Crippen LogP contribution in [0.15, 0.2) is 54.5 Å². The highest BCUT2D eigenvalue weighted by Crippen LogP contribution is 2.44. The summed E-state index contributed by atoms with van der Waals surface area (Å²) >= 11 is 6.54. The van der Waals surface area contributed by atoms with Gasteiger partial charge in [0.15, 0.2) is 6.10 Å². The maximum Gasteiger partial charge on any atom is 0.264 e. The molecule has 1 unspecified atom stereocenters. The number of allylic oxidation sites excluding steroid dienone is 1. The molecule has 3 aromatic rings. The lowest BCUT2D eigenvalue weighted by atomic mass is 9.97. The monoisotopic (exact) mass is 472 g/mol. The van der Waals surface area contributed by atoms with Gasteiger partial charge < -0.3 is 15.0 Å². The molecule has 172 valence electrons. The van der Waals surface area contributed by atoms with E-state index in [1.165, 1.54) is 11.1 Å². The van der Waals surface area contributed by atoms with Crippen LogP contribution in [0, 0.1) is 0 Å². The molecule has 0 spiro atoms. The number of nitrogens with one attached hydrogen (secondary N) is 1. The van der Waals surface area contributed by atoms with E-state index < -0.39 is 6.10 Å². The van der Waals surface area contributed by atoms with E-state index in [1.807, 2.05) is 41.6 Å². The number of benzene rings is 1. The Hall–Kier alpha value is -3.22. The fourth-order valence-electron chi connectivity index (χ4n) is 5.15. The highest BCUT2D eigenvalue weighted by molar-refractivity contribution is 6.31. The van der Waals surface area contributed by atoms with E-state index in [0.29, 0.717) is 24.5 Å². The van der Waals surface area contributed by atoms with E-state index >= 15 is 0 Å². The van der Waals surface area contributed by atoms with Crippen LogP contribution in [0.3, 0.4) is 0 Å². The van der Waals surface area contributed by atoms with E-state index in [9.17, 15) is 4.79 Å². The van der Waals surface area contributed by atoms with Gasteiger partial charge in [-0.15, -0.1) is 0 Å². The van der Waals surface area contributed by atoms with Crippen molar-refractivity contribution in [3.05, 3.63) is 81.9 Å². The topological polar surface area (TPSA) is 67.3 Å². The minimum atomic E-state index is -0.503. The first-order valence-electron chi connectivity index (χ1n) is 11.7. The number of piperazine rings is 1. The molecular formula is C27H25ClN4O2. The van der Waals surface area contributed by atoms with Gasteiger partial charge in [-0.1, -0.05) is 29.3 Å². The zero-order chi connectivity index (χ0) is 23.1. The van der Waals surface area contributed by atoms with Gasteiger partial charge in [0, 0.05) is 79.3 Å². The predicted molar refractivity (Wildman–Crippen MR) is 132 cm³/mol. The van der Waals surface area contributed by atoms with Crippen molar-refractivity contribution >= 4 is 23.6 Å². The summed E-state index contributed by atoms with van der Waals surface area (Å²) in [5, 5.41) is 3.94. The first-order chi connectivity index (χ1) is 16.7. The molecule has 1 fully saturated rings. The first kappa shape index (κ1) is 21.3. The zero-order valence-corrected chi connectivity index (χ0v) is 19.5. The van der Waals surface area contributed by atoms with E-state index in [-0.39, 0.29) is 5.91 Å². The number of hydrogen-bond acceptors (Lipinski definition) is 5. The number of fused-ring (bicyclic) bond motifs is 2. The first-order valence-corrected chi connectivity index (χ1v) is 12.1. The molecule has 34 heavy (non-hydrogen) atoms. The third kappa shape index (κ3) is 3.97. The Labute approximate surface area is 203 Å². The minimum Gasteiger partial charge on any atom is -0.479 e. The van der Waals surface area contributed by atoms with Crippen LogP contribution < -0.4 is 10.1 Å². The molecule has 0 radical (unpaired) electrons. The van der Waals surface area contributed by atoms with Gasteiger partial charge in [0.1, 0.15) is 5.75 Å². The Morgan fingerprint density at radius 1 is 1.18 bits per heavy atom. The Morgan fingerprint density at radius 3 is 2.88 bits per heavy atom. The second-order valence-corrected chi connectivity index (χ2v) is 9.50. The third-order valence-corrected chi connectivity index (χ3v) is 6.98. The van der Waals surface area contributed by atoms with Gasteiger partial charge >= 0.3 is 0 Å². The summed E-state index contributed by atoms with van der Waals surface area (Å²) in [5.74, 6) is 0.818. The Morgan fingerprint density at radius 2 is 2.06 bits per heavy atom. The summed E-state index contributed by atoms with van der Waals surface area (Å²) in [6, 6.07) is 9.95. The average molecular weight is 473 g/mol. The summed E-state index contributed by atoms with van der Waals surface area (Å²) in [7, 11) is 0. The number of ether oxygens (including phenoxy) is 1. The Bertz CT molecular complexity index is 1290. The number of amides is 1. The molecule has 2 aromatic heterocycles. The van der Waals surface area contributed by atoms with E-state index in [1.54, 1.807) is 6.20 Å². The summed E-state index contributed by atoms with van der Waals surface area (Å²) in [6.07, 6.45) is 9.47. The molecule has 7 heteroatoms. The van der Waals surface area contributed by atoms with Crippen molar-refractivity contribution in [1.82, 2.24) is 20.2 Å². The number of halogens is 1. The number of carbonyl (C=O) groups is 1. The van der Waals surface area contributed by atoms with Crippen LogP contribution in [0.4, 0.5) is 0 Å². The number of carbonyl (C=O) groups excluding carboxylic acids is 1. The van der Waals surface area contributed by atoms with Crippen LogP contribution in [-0.2, 0) is 24.1 Å². The van der Waals surface area contributed by atoms with Gasteiger partial charge in [-0.3, -0.25) is 14.8 Å². The molecule has 1 aliphatic carbocycles. The minimum absolute atomic E-state index is 0.0541. The second kappa shape index (κ2) is 8.85. The number of hydrogen-bond donors (Lipinski definition) is 1. The molecule has 1 N–H and O–H groups in total. The molecule has 1 amide bonds. The van der Waals surface area contributed by atoms with E-state index in [4.69, 9.17) is 16.3 Å². The quantitative estimate of drug-likeness (QED) is 0.627. The molecule has 4 heterocycles. The molecule has 0 bridgehead atoms. The lowest BCUT2D eigenvalue weighted by Gasteiger charge is -2.29. The molecule has 2 aliphatic heterocycles. The summed E-state index contributed by atoms with van der Waals surface area (Å²) in [4.78, 5) is 23.9. The van der Waals surface area contributed by atoms with Gasteiger partial charge in [-0.05, 0) is 41.8 Å². The van der Waals surface area contributed by atoms with Crippen molar-refractivity contribution in [2.75, 3.05) is 26.2 Å². The molecule has 1 saturated heterocycles. The van der Waals surface area contributed by atoms with Crippen molar-refractivity contribution in [3.8, 4) is 16.9 Å². The van der Waals surface area contributed by atoms with Gasteiger partial charge in [-0.2, -0.15) is 0 Å². The van der Waals surface area contributed by atoms with Crippen LogP contribution >= 0.6 is 11.6 Å². The van der Waals surface area contributed by atoms with Crippen LogP contribution in [0.25, 0.3) is 17.2 Å². The van der Waals surface area contributed by atoms with Crippen molar-refractivity contribution in [3.63, 3.8) is 0 Å². The van der Waals surface area contributed by atoms with Crippen LogP contribution in [0.5, 0.6) is 5.75 Å². The van der Waals surface area contributed by atoms with Gasteiger partial charge in [0.05, 0.1) is 5.69 Å². The van der Waals surface area contributed by atoms with Crippen molar-refractivity contribution in [2.24, 2.45) is 0 Å². The largest absolute Gasteiger partial charge is 0.479 e. The number of nitrogens with zero attached hydrogens (tertiary/aromatic N) is 3. The van der Waals surface area contributed by atoms with E-state index in [0.717, 1.165) is 59.6 Å². The molecular weight excluding hydrogens is 448 g/mol. The van der Waals surface area contributed by atoms with Crippen molar-refractivity contribution in [2.45, 2.75) is 25.4 Å². The molecule has 1 atom stereocenters. The third-order valence-electron chi connectivity index (χ3n) is 6.76. The Kier molecular flexibility index (Phi) is 5.55.